The summed E-state index contributed by atoms with van der Waals surface area (Å²) in [5.41, 5.74) is 0.0896. The fourth-order valence-electron chi connectivity index (χ4n) is 3.94. The summed E-state index contributed by atoms with van der Waals surface area (Å²) in [6.07, 6.45) is 4.50. The molecule has 21 heavy (non-hydrogen) atoms. The molecule has 0 aromatic heterocycles. The van der Waals surface area contributed by atoms with E-state index in [0.717, 1.165) is 39.1 Å². The predicted octanol–water partition coefficient (Wildman–Crippen LogP) is 0.451. The SMILES string of the molecule is CNC(=O)C1CNCCN1C1CCOC2(CCSCC2)C1. The molecule has 3 aliphatic rings. The first-order valence-corrected chi connectivity index (χ1v) is 9.29. The molecule has 2 unspecified atom stereocenters. The third-order valence-corrected chi connectivity index (χ3v) is 6.16. The van der Waals surface area contributed by atoms with Crippen molar-refractivity contribution in [3.8, 4) is 0 Å². The monoisotopic (exact) mass is 313 g/mol. The standard InChI is InChI=1S/C15H27N3O2S/c1-16-14(19)13-11-17-5-6-18(13)12-2-7-20-15(10-12)3-8-21-9-4-15/h12-13,17H,2-11H2,1H3,(H,16,19). The van der Waals surface area contributed by atoms with E-state index in [9.17, 15) is 4.79 Å². The van der Waals surface area contributed by atoms with Gasteiger partial charge in [-0.2, -0.15) is 11.8 Å². The Kier molecular flexibility index (Phi) is 5.09. The van der Waals surface area contributed by atoms with E-state index in [0.29, 0.717) is 6.04 Å². The summed E-state index contributed by atoms with van der Waals surface area (Å²) in [6, 6.07) is 0.466. The Morgan fingerprint density at radius 3 is 3.00 bits per heavy atom. The van der Waals surface area contributed by atoms with Crippen molar-refractivity contribution in [1.82, 2.24) is 15.5 Å². The maximum atomic E-state index is 12.2. The van der Waals surface area contributed by atoms with E-state index in [1.807, 2.05) is 11.8 Å². The predicted molar refractivity (Wildman–Crippen MR) is 85.7 cm³/mol. The van der Waals surface area contributed by atoms with Crippen LogP contribution >= 0.6 is 11.8 Å². The number of rotatable bonds is 2. The number of nitrogens with zero attached hydrogens (tertiary/aromatic N) is 1. The van der Waals surface area contributed by atoms with Crippen LogP contribution in [0.1, 0.15) is 25.7 Å². The van der Waals surface area contributed by atoms with E-state index in [1.54, 1.807) is 7.05 Å². The van der Waals surface area contributed by atoms with Gasteiger partial charge in [-0.25, -0.2) is 0 Å². The first-order valence-electron chi connectivity index (χ1n) is 8.14. The zero-order valence-electron chi connectivity index (χ0n) is 12.9. The molecule has 5 nitrogen and oxygen atoms in total. The number of carbonyl (C=O) groups excluding carboxylic acids is 1. The van der Waals surface area contributed by atoms with E-state index in [4.69, 9.17) is 4.74 Å². The van der Waals surface area contributed by atoms with Crippen molar-refractivity contribution in [2.45, 2.75) is 43.4 Å². The Bertz CT molecular complexity index is 368. The number of ether oxygens (including phenoxy) is 1. The van der Waals surface area contributed by atoms with Crippen LogP contribution in [0.5, 0.6) is 0 Å². The Morgan fingerprint density at radius 2 is 2.24 bits per heavy atom. The first kappa shape index (κ1) is 15.6. The Morgan fingerprint density at radius 1 is 1.43 bits per heavy atom. The highest BCUT2D eigenvalue weighted by Gasteiger charge is 2.43. The quantitative estimate of drug-likeness (QED) is 0.775. The molecule has 1 amide bonds. The van der Waals surface area contributed by atoms with Crippen LogP contribution < -0.4 is 10.6 Å². The van der Waals surface area contributed by atoms with Crippen LogP contribution in [-0.4, -0.2) is 73.3 Å². The topological polar surface area (TPSA) is 53.6 Å². The smallest absolute Gasteiger partial charge is 0.238 e. The van der Waals surface area contributed by atoms with Gasteiger partial charge in [-0.1, -0.05) is 0 Å². The maximum absolute atomic E-state index is 12.2. The van der Waals surface area contributed by atoms with Crippen molar-refractivity contribution in [1.29, 1.82) is 0 Å². The van der Waals surface area contributed by atoms with Crippen LogP contribution in [-0.2, 0) is 9.53 Å². The van der Waals surface area contributed by atoms with Gasteiger partial charge in [0.1, 0.15) is 6.04 Å². The second kappa shape index (κ2) is 6.86. The summed E-state index contributed by atoms with van der Waals surface area (Å²) < 4.78 is 6.19. The van der Waals surface area contributed by atoms with Crippen LogP contribution in [0.3, 0.4) is 0 Å². The van der Waals surface area contributed by atoms with Crippen molar-refractivity contribution in [3.63, 3.8) is 0 Å². The minimum absolute atomic E-state index is 0.0261. The third-order valence-electron chi connectivity index (χ3n) is 5.17. The molecule has 3 heterocycles. The number of carbonyl (C=O) groups is 1. The molecule has 120 valence electrons. The average Bonchev–Trinajstić information content (AvgIpc) is 2.55. The molecular formula is C15H27N3O2S. The lowest BCUT2D eigenvalue weighted by Gasteiger charge is -2.49. The molecule has 0 aliphatic carbocycles. The Balaban J connectivity index is 1.70. The fraction of sp³-hybridized carbons (Fsp3) is 0.933. The molecule has 0 bridgehead atoms. The normalized spacial score (nSPS) is 33.8. The second-order valence-electron chi connectivity index (χ2n) is 6.36. The number of nitrogens with one attached hydrogen (secondary N) is 2. The highest BCUT2D eigenvalue weighted by molar-refractivity contribution is 7.99. The molecule has 3 rings (SSSR count). The van der Waals surface area contributed by atoms with E-state index in [1.165, 1.54) is 24.3 Å². The number of piperazine rings is 1. The highest BCUT2D eigenvalue weighted by Crippen LogP contribution is 2.39. The van der Waals surface area contributed by atoms with Crippen LogP contribution in [0.25, 0.3) is 0 Å². The fourth-order valence-corrected chi connectivity index (χ4v) is 5.18. The zero-order valence-corrected chi connectivity index (χ0v) is 13.7. The lowest BCUT2D eigenvalue weighted by atomic mass is 9.84. The molecule has 2 atom stereocenters. The molecule has 1 spiro atoms. The largest absolute Gasteiger partial charge is 0.375 e. The number of likely N-dealkylation sites (N-methyl/N-ethyl adjacent to an activating group) is 1. The second-order valence-corrected chi connectivity index (χ2v) is 7.59. The number of hydrogen-bond donors (Lipinski definition) is 2. The molecule has 3 fully saturated rings. The summed E-state index contributed by atoms with van der Waals surface area (Å²) in [6.45, 7) is 3.56. The third kappa shape index (κ3) is 3.38. The summed E-state index contributed by atoms with van der Waals surface area (Å²) in [4.78, 5) is 14.6. The van der Waals surface area contributed by atoms with Gasteiger partial charge in [-0.05, 0) is 37.2 Å². The van der Waals surface area contributed by atoms with Crippen molar-refractivity contribution < 1.29 is 9.53 Å². The summed E-state index contributed by atoms with van der Waals surface area (Å²) in [5.74, 6) is 2.57. The zero-order chi connectivity index (χ0) is 14.7. The first-order chi connectivity index (χ1) is 10.2. The Hall–Kier alpha value is -0.300. The van der Waals surface area contributed by atoms with Crippen LogP contribution in [0, 0.1) is 0 Å². The van der Waals surface area contributed by atoms with Gasteiger partial charge in [0.05, 0.1) is 5.60 Å². The van der Waals surface area contributed by atoms with Crippen molar-refractivity contribution in [2.75, 3.05) is 44.8 Å². The molecular weight excluding hydrogens is 286 g/mol. The lowest BCUT2D eigenvalue weighted by molar-refractivity contribution is -0.136. The molecule has 3 aliphatic heterocycles. The van der Waals surface area contributed by atoms with Gasteiger partial charge in [0.15, 0.2) is 0 Å². The molecule has 0 aromatic carbocycles. The van der Waals surface area contributed by atoms with Crippen molar-refractivity contribution in [2.24, 2.45) is 0 Å². The average molecular weight is 313 g/mol. The van der Waals surface area contributed by atoms with Gasteiger partial charge in [-0.15, -0.1) is 0 Å². The van der Waals surface area contributed by atoms with Gasteiger partial charge >= 0.3 is 0 Å². The lowest BCUT2D eigenvalue weighted by Crippen LogP contribution is -2.62. The van der Waals surface area contributed by atoms with Crippen molar-refractivity contribution in [3.05, 3.63) is 0 Å². The molecule has 0 saturated carbocycles. The molecule has 0 aromatic rings. The molecule has 6 heteroatoms. The van der Waals surface area contributed by atoms with Crippen LogP contribution in [0.2, 0.25) is 0 Å². The number of hydrogen-bond acceptors (Lipinski definition) is 5. The minimum Gasteiger partial charge on any atom is -0.375 e. The molecule has 3 saturated heterocycles. The number of amides is 1. The number of thioether (sulfide) groups is 1. The molecule has 0 radical (unpaired) electrons. The van der Waals surface area contributed by atoms with E-state index in [2.05, 4.69) is 15.5 Å². The Labute approximate surface area is 131 Å². The minimum atomic E-state index is -0.0261. The van der Waals surface area contributed by atoms with E-state index in [-0.39, 0.29) is 17.6 Å². The van der Waals surface area contributed by atoms with Gasteiger partial charge in [-0.3, -0.25) is 9.69 Å². The molecule has 2 N–H and O–H groups in total. The summed E-state index contributed by atoms with van der Waals surface area (Å²) in [7, 11) is 1.74. The van der Waals surface area contributed by atoms with Gasteiger partial charge < -0.3 is 15.4 Å². The van der Waals surface area contributed by atoms with Gasteiger partial charge in [0.2, 0.25) is 5.91 Å². The van der Waals surface area contributed by atoms with Crippen molar-refractivity contribution >= 4 is 17.7 Å². The maximum Gasteiger partial charge on any atom is 0.238 e. The van der Waals surface area contributed by atoms with Gasteiger partial charge in [0, 0.05) is 39.3 Å². The van der Waals surface area contributed by atoms with Gasteiger partial charge in [0.25, 0.3) is 0 Å². The van der Waals surface area contributed by atoms with E-state index >= 15 is 0 Å². The summed E-state index contributed by atoms with van der Waals surface area (Å²) in [5, 5.41) is 6.17. The van der Waals surface area contributed by atoms with Crippen LogP contribution in [0.15, 0.2) is 0 Å². The highest BCUT2D eigenvalue weighted by atomic mass is 32.2. The summed E-state index contributed by atoms with van der Waals surface area (Å²) >= 11 is 2.04. The van der Waals surface area contributed by atoms with Crippen LogP contribution in [0.4, 0.5) is 0 Å². The van der Waals surface area contributed by atoms with E-state index < -0.39 is 0 Å².